The lowest BCUT2D eigenvalue weighted by Crippen LogP contribution is -2.42. The second kappa shape index (κ2) is 26.8. The summed E-state index contributed by atoms with van der Waals surface area (Å²) < 4.78 is 7.22. The number of unbranched alkanes of at least 4 members (excludes halogenated alkanes) is 1. The molecule has 2 N–H and O–H groups in total. The van der Waals surface area contributed by atoms with E-state index in [2.05, 4.69) is 19.2 Å². The molecule has 2 aromatic carbocycles. The molecule has 0 aromatic heterocycles. The second-order valence-electron chi connectivity index (χ2n) is 8.67. The molecule has 1 aliphatic heterocycles. The molecule has 0 bridgehead atoms. The maximum absolute atomic E-state index is 11.9. The van der Waals surface area contributed by atoms with Crippen molar-refractivity contribution in [3.8, 4) is 5.75 Å². The van der Waals surface area contributed by atoms with Crippen LogP contribution < -0.4 is 10.1 Å². The molecule has 0 saturated carbocycles. The highest BCUT2D eigenvalue weighted by atomic mass is 32.2. The number of aryl methyl sites for hydroxylation is 1. The molecule has 238 valence electrons. The molecular weight excluding hydrogens is 550 g/mol. The standard InChI is InChI=1S/C13H16N2O3S.C12H17NO2.C4H10.2C2H6/c16-12(17)9-14-13(18)11-7-4-8-15(11)19-10-5-2-1-3-6-10;1-4-13(5-2)12(14)15-11-8-6-10(3)7-9-11;1-3-4-2;2*1-2/h1-3,5-6,11H,4,7-9H2,(H,14,18)(H,16,17);6-9H,4-5H2,1-3H3;3-4H2,1-2H3;2*1-2H3. The van der Waals surface area contributed by atoms with Crippen LogP contribution in [-0.2, 0) is 9.59 Å². The molecule has 8 nitrogen and oxygen atoms in total. The predicted molar refractivity (Wildman–Crippen MR) is 176 cm³/mol. The maximum atomic E-state index is 11.9. The molecule has 1 fully saturated rings. The van der Waals surface area contributed by atoms with Gasteiger partial charge in [-0.25, -0.2) is 9.10 Å². The third kappa shape index (κ3) is 18.4. The van der Waals surface area contributed by atoms with Crippen molar-refractivity contribution in [3.63, 3.8) is 0 Å². The Morgan fingerprint density at radius 2 is 1.48 bits per heavy atom. The Morgan fingerprint density at radius 1 is 0.929 bits per heavy atom. The van der Waals surface area contributed by atoms with E-state index in [-0.39, 0.29) is 24.6 Å². The van der Waals surface area contributed by atoms with Gasteiger partial charge < -0.3 is 20.1 Å². The number of carbonyl (C=O) groups excluding carboxylic acids is 2. The van der Waals surface area contributed by atoms with Crippen molar-refractivity contribution in [2.24, 2.45) is 0 Å². The van der Waals surface area contributed by atoms with Crippen LogP contribution in [0.2, 0.25) is 0 Å². The first kappa shape index (κ1) is 41.1. The average molecular weight is 606 g/mol. The number of nitrogens with one attached hydrogen (secondary N) is 1. The summed E-state index contributed by atoms with van der Waals surface area (Å²) in [5, 5.41) is 11.0. The Bertz CT molecular complexity index is 952. The minimum absolute atomic E-state index is 0.205. The topological polar surface area (TPSA) is 99.2 Å². The van der Waals surface area contributed by atoms with Crippen LogP contribution in [0.4, 0.5) is 4.79 Å². The molecule has 9 heteroatoms. The van der Waals surface area contributed by atoms with E-state index in [9.17, 15) is 14.4 Å². The highest BCUT2D eigenvalue weighted by molar-refractivity contribution is 7.97. The molecule has 2 amide bonds. The fourth-order valence-corrected chi connectivity index (χ4v) is 4.36. The Balaban J connectivity index is 0. The van der Waals surface area contributed by atoms with E-state index in [0.29, 0.717) is 18.8 Å². The molecule has 3 rings (SSSR count). The summed E-state index contributed by atoms with van der Waals surface area (Å²) in [7, 11) is 0. The van der Waals surface area contributed by atoms with Crippen molar-refractivity contribution < 1.29 is 24.2 Å². The first-order chi connectivity index (χ1) is 20.2. The smallest absolute Gasteiger partial charge is 0.415 e. The number of hydrogen-bond donors (Lipinski definition) is 2. The molecule has 0 aliphatic carbocycles. The van der Waals surface area contributed by atoms with E-state index in [0.717, 1.165) is 29.8 Å². The van der Waals surface area contributed by atoms with Crippen molar-refractivity contribution in [2.45, 2.75) is 98.9 Å². The first-order valence-corrected chi connectivity index (χ1v) is 16.0. The summed E-state index contributed by atoms with van der Waals surface area (Å²) >= 11 is 1.55. The zero-order chi connectivity index (χ0) is 32.3. The lowest BCUT2D eigenvalue weighted by Gasteiger charge is -2.22. The van der Waals surface area contributed by atoms with Crippen LogP contribution in [0.1, 0.15) is 86.6 Å². The van der Waals surface area contributed by atoms with Gasteiger partial charge in [-0.15, -0.1) is 0 Å². The molecule has 42 heavy (non-hydrogen) atoms. The molecule has 0 radical (unpaired) electrons. The van der Waals surface area contributed by atoms with Crippen molar-refractivity contribution in [2.75, 3.05) is 26.2 Å². The minimum Gasteiger partial charge on any atom is -0.480 e. The monoisotopic (exact) mass is 605 g/mol. The van der Waals surface area contributed by atoms with Gasteiger partial charge in [0.15, 0.2) is 0 Å². The van der Waals surface area contributed by atoms with Crippen molar-refractivity contribution in [1.29, 1.82) is 0 Å². The maximum Gasteiger partial charge on any atom is 0.415 e. The number of nitrogens with zero attached hydrogens (tertiary/aromatic N) is 2. The van der Waals surface area contributed by atoms with E-state index >= 15 is 0 Å². The van der Waals surface area contributed by atoms with Gasteiger partial charge in [0, 0.05) is 24.5 Å². The summed E-state index contributed by atoms with van der Waals surface area (Å²) in [4.78, 5) is 36.7. The Hall–Kier alpha value is -3.04. The normalized spacial score (nSPS) is 13.2. The Kier molecular flexibility index (Phi) is 26.3. The number of hydrogen-bond acceptors (Lipinski definition) is 6. The van der Waals surface area contributed by atoms with Crippen LogP contribution in [0.25, 0.3) is 0 Å². The third-order valence-corrected chi connectivity index (χ3v) is 6.79. The third-order valence-electron chi connectivity index (χ3n) is 5.63. The van der Waals surface area contributed by atoms with Gasteiger partial charge in [0.05, 0.1) is 6.04 Å². The Morgan fingerprint density at radius 3 is 1.95 bits per heavy atom. The molecule has 1 atom stereocenters. The number of amides is 2. The molecule has 1 unspecified atom stereocenters. The predicted octanol–water partition coefficient (Wildman–Crippen LogP) is 8.05. The number of benzene rings is 2. The van der Waals surface area contributed by atoms with Gasteiger partial charge in [-0.2, -0.15) is 0 Å². The highest BCUT2D eigenvalue weighted by Crippen LogP contribution is 2.30. The summed E-state index contributed by atoms with van der Waals surface area (Å²) in [6.45, 7) is 20.1. The molecule has 1 saturated heterocycles. The number of carbonyl (C=O) groups is 3. The largest absolute Gasteiger partial charge is 0.480 e. The van der Waals surface area contributed by atoms with Gasteiger partial charge in [-0.3, -0.25) is 9.59 Å². The van der Waals surface area contributed by atoms with E-state index in [1.165, 1.54) is 12.8 Å². The fraction of sp³-hybridized carbons (Fsp3) is 0.545. The van der Waals surface area contributed by atoms with Crippen LogP contribution in [0.3, 0.4) is 0 Å². The number of rotatable bonds is 9. The first-order valence-electron chi connectivity index (χ1n) is 15.3. The van der Waals surface area contributed by atoms with Gasteiger partial charge in [0.25, 0.3) is 0 Å². The van der Waals surface area contributed by atoms with Crippen molar-refractivity contribution in [1.82, 2.24) is 14.5 Å². The number of aliphatic carboxylic acids is 1. The van der Waals surface area contributed by atoms with E-state index < -0.39 is 5.97 Å². The second-order valence-corrected chi connectivity index (χ2v) is 9.79. The lowest BCUT2D eigenvalue weighted by molar-refractivity contribution is -0.138. The highest BCUT2D eigenvalue weighted by Gasteiger charge is 2.31. The fourth-order valence-electron chi connectivity index (χ4n) is 3.26. The Labute approximate surface area is 259 Å². The van der Waals surface area contributed by atoms with Crippen molar-refractivity contribution in [3.05, 3.63) is 60.2 Å². The van der Waals surface area contributed by atoms with Gasteiger partial charge in [0.1, 0.15) is 12.3 Å². The number of carboxylic acids is 1. The molecular formula is C33H55N3O5S. The van der Waals surface area contributed by atoms with Gasteiger partial charge in [-0.1, -0.05) is 90.3 Å². The zero-order valence-electron chi connectivity index (χ0n) is 27.3. The molecule has 1 aliphatic rings. The van der Waals surface area contributed by atoms with E-state index in [1.54, 1.807) is 29.0 Å². The molecule has 1 heterocycles. The molecule has 0 spiro atoms. The van der Waals surface area contributed by atoms with Crippen LogP contribution in [0, 0.1) is 6.92 Å². The number of carboxylic acid groups (broad SMARTS) is 1. The van der Waals surface area contributed by atoms with Gasteiger partial charge in [0.2, 0.25) is 5.91 Å². The lowest BCUT2D eigenvalue weighted by atomic mass is 10.2. The van der Waals surface area contributed by atoms with E-state index in [4.69, 9.17) is 9.84 Å². The van der Waals surface area contributed by atoms with Crippen LogP contribution in [0.5, 0.6) is 5.75 Å². The minimum atomic E-state index is -1.02. The summed E-state index contributed by atoms with van der Waals surface area (Å²) in [5.74, 6) is -0.630. The summed E-state index contributed by atoms with van der Waals surface area (Å²) in [5.41, 5.74) is 1.15. The van der Waals surface area contributed by atoms with Gasteiger partial charge in [-0.05, 0) is 69.8 Å². The quantitative estimate of drug-likeness (QED) is 0.279. The van der Waals surface area contributed by atoms with Crippen LogP contribution >= 0.6 is 11.9 Å². The number of ether oxygens (including phenoxy) is 1. The zero-order valence-corrected chi connectivity index (χ0v) is 28.1. The summed E-state index contributed by atoms with van der Waals surface area (Å²) in [6.07, 6.45) is 4.07. The van der Waals surface area contributed by atoms with Crippen LogP contribution in [0.15, 0.2) is 59.5 Å². The van der Waals surface area contributed by atoms with Crippen molar-refractivity contribution >= 4 is 29.9 Å². The summed E-state index contributed by atoms with van der Waals surface area (Å²) in [6, 6.07) is 17.1. The average Bonchev–Trinajstić information content (AvgIpc) is 3.49. The van der Waals surface area contributed by atoms with Crippen LogP contribution in [-0.4, -0.2) is 64.5 Å². The van der Waals surface area contributed by atoms with E-state index in [1.807, 2.05) is 95.2 Å². The van der Waals surface area contributed by atoms with Gasteiger partial charge >= 0.3 is 12.1 Å². The molecule has 2 aromatic rings. The SMILES string of the molecule is CC.CC.CCCC.CCN(CC)C(=O)Oc1ccc(C)cc1.O=C(O)CNC(=O)C1CCCN1Sc1ccccc1.